The minimum absolute atomic E-state index is 0.532. The Balaban J connectivity index is 2.04. The van der Waals surface area contributed by atoms with E-state index in [9.17, 15) is 0 Å². The summed E-state index contributed by atoms with van der Waals surface area (Å²) in [7, 11) is 0. The second-order valence-corrected chi connectivity index (χ2v) is 2.55. The molecule has 0 saturated heterocycles. The molecule has 2 nitrogen and oxygen atoms in total. The van der Waals surface area contributed by atoms with Crippen molar-refractivity contribution >= 4 is 17.7 Å². The van der Waals surface area contributed by atoms with Gasteiger partial charge in [0, 0.05) is 6.04 Å². The third-order valence-electron chi connectivity index (χ3n) is 1.63. The summed E-state index contributed by atoms with van der Waals surface area (Å²) >= 11 is 4.56. The summed E-state index contributed by atoms with van der Waals surface area (Å²) in [5.41, 5.74) is 8.29. The van der Waals surface area contributed by atoms with Crippen molar-refractivity contribution < 1.29 is 0 Å². The van der Waals surface area contributed by atoms with Gasteiger partial charge in [-0.1, -0.05) is 25.1 Å². The average Bonchev–Trinajstić information content (AvgIpc) is 2.34. The van der Waals surface area contributed by atoms with Gasteiger partial charge in [-0.2, -0.15) is 0 Å². The van der Waals surface area contributed by atoms with Gasteiger partial charge in [0.15, 0.2) is 0 Å². The summed E-state index contributed by atoms with van der Waals surface area (Å²) in [5, 5.41) is 0. The van der Waals surface area contributed by atoms with Crippen molar-refractivity contribution in [1.29, 1.82) is 0 Å². The van der Waals surface area contributed by atoms with Crippen LogP contribution in [0.25, 0.3) is 0 Å². The molecule has 0 aromatic rings. The molecule has 0 bridgehead atoms. The number of hydrogen-bond donors (Lipinski definition) is 1. The summed E-state index contributed by atoms with van der Waals surface area (Å²) in [6, 6.07) is 0.532. The van der Waals surface area contributed by atoms with Crippen molar-refractivity contribution in [3.8, 4) is 0 Å². The minimum atomic E-state index is 0.532. The predicted molar refractivity (Wildman–Crippen MR) is 41.2 cm³/mol. The molecule has 0 atom stereocenters. The van der Waals surface area contributed by atoms with Gasteiger partial charge in [0.2, 0.25) is 0 Å². The molecule has 0 amide bonds. The maximum Gasteiger partial charge on any atom is 0.0772 e. The molecule has 1 radical (unpaired) electrons. The fourth-order valence-electron chi connectivity index (χ4n) is 1.17. The van der Waals surface area contributed by atoms with Gasteiger partial charge in [0.1, 0.15) is 0 Å². The molecule has 1 N–H and O–H groups in total. The standard InChI is InChI=1S/C6H11N2S/c9-5-7-8-6-3-1-2-4-6/h5-6H,1-4H2,(H,7,9). The average molecular weight is 143 g/mol. The molecule has 0 spiro atoms. The van der Waals surface area contributed by atoms with Gasteiger partial charge < -0.3 is 5.43 Å². The number of hydrogen-bond acceptors (Lipinski definition) is 1. The first-order valence-electron chi connectivity index (χ1n) is 3.32. The SMILES string of the molecule is S=CN[N]C1CCCC1. The Kier molecular flexibility index (Phi) is 2.94. The Labute approximate surface area is 61.0 Å². The van der Waals surface area contributed by atoms with Crippen LogP contribution in [0.15, 0.2) is 0 Å². The van der Waals surface area contributed by atoms with Crippen LogP contribution in [0.2, 0.25) is 0 Å². The highest BCUT2D eigenvalue weighted by molar-refractivity contribution is 7.78. The molecule has 1 rings (SSSR count). The van der Waals surface area contributed by atoms with E-state index < -0.39 is 0 Å². The largest absolute Gasteiger partial charge is 0.300 e. The van der Waals surface area contributed by atoms with E-state index in [1.807, 2.05) is 0 Å². The lowest BCUT2D eigenvalue weighted by molar-refractivity contribution is 0.493. The van der Waals surface area contributed by atoms with Crippen LogP contribution in [-0.2, 0) is 0 Å². The van der Waals surface area contributed by atoms with Crippen LogP contribution in [0.5, 0.6) is 0 Å². The predicted octanol–water partition coefficient (Wildman–Crippen LogP) is 0.995. The summed E-state index contributed by atoms with van der Waals surface area (Å²) < 4.78 is 0. The molecule has 1 aliphatic rings. The van der Waals surface area contributed by atoms with Crippen LogP contribution >= 0.6 is 12.2 Å². The van der Waals surface area contributed by atoms with Crippen LogP contribution in [0, 0.1) is 0 Å². The van der Waals surface area contributed by atoms with Crippen molar-refractivity contribution in [3.05, 3.63) is 0 Å². The Morgan fingerprint density at radius 3 is 2.67 bits per heavy atom. The van der Waals surface area contributed by atoms with Gasteiger partial charge in [0.05, 0.1) is 5.49 Å². The van der Waals surface area contributed by atoms with Gasteiger partial charge in [-0.3, -0.25) is 0 Å². The van der Waals surface area contributed by atoms with E-state index >= 15 is 0 Å². The Morgan fingerprint density at radius 1 is 1.44 bits per heavy atom. The molecule has 3 heteroatoms. The number of nitrogens with one attached hydrogen (secondary N) is 1. The van der Waals surface area contributed by atoms with Crippen LogP contribution in [0.1, 0.15) is 25.7 Å². The monoisotopic (exact) mass is 143 g/mol. The van der Waals surface area contributed by atoms with Crippen LogP contribution in [-0.4, -0.2) is 11.5 Å². The maximum absolute atomic E-state index is 4.56. The molecule has 1 fully saturated rings. The summed E-state index contributed by atoms with van der Waals surface area (Å²) in [6.07, 6.45) is 5.12. The van der Waals surface area contributed by atoms with Gasteiger partial charge in [-0.15, -0.1) is 5.43 Å². The summed E-state index contributed by atoms with van der Waals surface area (Å²) in [6.45, 7) is 0. The first-order chi connectivity index (χ1) is 4.43. The smallest absolute Gasteiger partial charge is 0.0772 e. The summed E-state index contributed by atoms with van der Waals surface area (Å²) in [5.74, 6) is 0. The zero-order chi connectivity index (χ0) is 6.53. The third kappa shape index (κ3) is 2.28. The van der Waals surface area contributed by atoms with Crippen molar-refractivity contribution in [3.63, 3.8) is 0 Å². The van der Waals surface area contributed by atoms with Crippen molar-refractivity contribution in [2.24, 2.45) is 0 Å². The van der Waals surface area contributed by atoms with Crippen molar-refractivity contribution in [2.45, 2.75) is 31.7 Å². The highest BCUT2D eigenvalue weighted by Crippen LogP contribution is 2.17. The maximum atomic E-state index is 4.56. The third-order valence-corrected chi connectivity index (χ3v) is 1.74. The lowest BCUT2D eigenvalue weighted by atomic mass is 10.3. The fourth-order valence-corrected chi connectivity index (χ4v) is 1.23. The molecule has 51 valence electrons. The van der Waals surface area contributed by atoms with Gasteiger partial charge in [0.25, 0.3) is 0 Å². The van der Waals surface area contributed by atoms with E-state index in [0.717, 1.165) is 0 Å². The molecule has 1 aliphatic carbocycles. The lowest BCUT2D eigenvalue weighted by Gasteiger charge is -2.05. The van der Waals surface area contributed by atoms with E-state index in [0.29, 0.717) is 6.04 Å². The highest BCUT2D eigenvalue weighted by atomic mass is 32.1. The molecule has 0 heterocycles. The van der Waals surface area contributed by atoms with Crippen LogP contribution < -0.4 is 10.9 Å². The zero-order valence-electron chi connectivity index (χ0n) is 5.34. The lowest BCUT2D eigenvalue weighted by Crippen LogP contribution is -2.30. The molecule has 0 aliphatic heterocycles. The number of rotatable bonds is 3. The first kappa shape index (κ1) is 6.96. The molecule has 0 unspecified atom stereocenters. The van der Waals surface area contributed by atoms with E-state index in [-0.39, 0.29) is 0 Å². The summed E-state index contributed by atoms with van der Waals surface area (Å²) in [4.78, 5) is 0. The zero-order valence-corrected chi connectivity index (χ0v) is 6.16. The number of thiocarbonyl (C=S) groups is 1. The number of nitrogens with zero attached hydrogens (tertiary/aromatic N) is 1. The molecule has 1 saturated carbocycles. The van der Waals surface area contributed by atoms with Crippen molar-refractivity contribution in [2.75, 3.05) is 0 Å². The molecule has 9 heavy (non-hydrogen) atoms. The van der Waals surface area contributed by atoms with Gasteiger partial charge in [-0.25, -0.2) is 0 Å². The van der Waals surface area contributed by atoms with Crippen molar-refractivity contribution in [1.82, 2.24) is 10.9 Å². The van der Waals surface area contributed by atoms with Gasteiger partial charge in [-0.05, 0) is 12.8 Å². The van der Waals surface area contributed by atoms with E-state index in [2.05, 4.69) is 23.1 Å². The quantitative estimate of drug-likeness (QED) is 0.471. The Morgan fingerprint density at radius 2 is 2.11 bits per heavy atom. The van der Waals surface area contributed by atoms with Gasteiger partial charge >= 0.3 is 0 Å². The van der Waals surface area contributed by atoms with Crippen LogP contribution in [0.3, 0.4) is 0 Å². The highest BCUT2D eigenvalue weighted by Gasteiger charge is 2.14. The normalized spacial score (nSPS) is 20.0. The van der Waals surface area contributed by atoms with E-state index in [1.54, 1.807) is 0 Å². The fraction of sp³-hybridized carbons (Fsp3) is 0.833. The topological polar surface area (TPSA) is 26.1 Å². The second kappa shape index (κ2) is 3.80. The first-order valence-corrected chi connectivity index (χ1v) is 3.79. The minimum Gasteiger partial charge on any atom is -0.300 e. The van der Waals surface area contributed by atoms with E-state index in [4.69, 9.17) is 0 Å². The Hall–Kier alpha value is -0.150. The molecule has 0 aromatic heterocycles. The second-order valence-electron chi connectivity index (χ2n) is 2.31. The molecular formula is C6H11N2S. The Bertz CT molecular complexity index is 89.1. The molecule has 0 aromatic carbocycles. The molecular weight excluding hydrogens is 132 g/mol. The van der Waals surface area contributed by atoms with Crippen LogP contribution in [0.4, 0.5) is 0 Å². The van der Waals surface area contributed by atoms with E-state index in [1.165, 1.54) is 31.2 Å².